The summed E-state index contributed by atoms with van der Waals surface area (Å²) in [5, 5.41) is 0. The Balaban J connectivity index is 2.36. The summed E-state index contributed by atoms with van der Waals surface area (Å²) < 4.78 is 0. The highest BCUT2D eigenvalue weighted by Gasteiger charge is 2.20. The third kappa shape index (κ3) is 0.985. The summed E-state index contributed by atoms with van der Waals surface area (Å²) in [5.41, 5.74) is 2.14. The zero-order chi connectivity index (χ0) is 7.68. The summed E-state index contributed by atoms with van der Waals surface area (Å²) in [4.78, 5) is 12.8. The van der Waals surface area contributed by atoms with Gasteiger partial charge in [0, 0.05) is 24.4 Å². The maximum Gasteiger partial charge on any atom is 0.151 e. The van der Waals surface area contributed by atoms with Crippen LogP contribution < -0.4 is 0 Å². The minimum absolute atomic E-state index is 0.883. The molecule has 0 aromatic carbocycles. The van der Waals surface area contributed by atoms with E-state index in [0.29, 0.717) is 0 Å². The number of rotatable bonds is 1. The van der Waals surface area contributed by atoms with Gasteiger partial charge < -0.3 is 4.90 Å². The summed E-state index contributed by atoms with van der Waals surface area (Å²) in [6, 6.07) is 0. The van der Waals surface area contributed by atoms with Gasteiger partial charge in [0.1, 0.15) is 0 Å². The molecular weight excluding hydrogens is 138 g/mol. The Labute approximate surface area is 66.2 Å². The van der Waals surface area contributed by atoms with Crippen LogP contribution in [0.15, 0.2) is 23.4 Å². The number of hydrogen-bond acceptors (Lipinski definition) is 2. The molecule has 0 aromatic heterocycles. The second-order valence-corrected chi connectivity index (χ2v) is 2.97. The van der Waals surface area contributed by atoms with Crippen LogP contribution in [0, 0.1) is 0 Å². The molecule has 0 radical (unpaired) electrons. The number of carbonyl (C=O) groups excluding carboxylic acids is 1. The van der Waals surface area contributed by atoms with Gasteiger partial charge in [0.15, 0.2) is 6.29 Å². The average molecular weight is 149 g/mol. The van der Waals surface area contributed by atoms with E-state index in [1.807, 2.05) is 6.08 Å². The van der Waals surface area contributed by atoms with Gasteiger partial charge >= 0.3 is 0 Å². The van der Waals surface area contributed by atoms with E-state index in [1.54, 1.807) is 0 Å². The first kappa shape index (κ1) is 6.65. The first-order valence-electron chi connectivity index (χ1n) is 4.01. The third-order valence-corrected chi connectivity index (χ3v) is 2.31. The van der Waals surface area contributed by atoms with Crippen LogP contribution in [0.25, 0.3) is 0 Å². The first-order chi connectivity index (χ1) is 5.42. The predicted octanol–water partition coefficient (Wildman–Crippen LogP) is 1.10. The standard InChI is InChI=1S/C9H11NO/c11-7-8-3-1-5-10-6-2-4-9(8)10/h1,3,7H,2,4-6H2. The Hall–Kier alpha value is -1.05. The minimum Gasteiger partial charge on any atom is -0.370 e. The van der Waals surface area contributed by atoms with Gasteiger partial charge in [0.2, 0.25) is 0 Å². The summed E-state index contributed by atoms with van der Waals surface area (Å²) in [6.45, 7) is 2.11. The summed E-state index contributed by atoms with van der Waals surface area (Å²) in [6.07, 6.45) is 7.23. The van der Waals surface area contributed by atoms with Gasteiger partial charge in [-0.25, -0.2) is 0 Å². The van der Waals surface area contributed by atoms with E-state index >= 15 is 0 Å². The van der Waals surface area contributed by atoms with Crippen LogP contribution in [0.4, 0.5) is 0 Å². The Morgan fingerprint density at radius 3 is 3.27 bits per heavy atom. The molecule has 0 aliphatic carbocycles. The molecule has 0 saturated carbocycles. The number of fused-ring (bicyclic) bond motifs is 1. The maximum atomic E-state index is 10.6. The third-order valence-electron chi connectivity index (χ3n) is 2.31. The van der Waals surface area contributed by atoms with Gasteiger partial charge in [0.25, 0.3) is 0 Å². The van der Waals surface area contributed by atoms with Crippen LogP contribution in [0.5, 0.6) is 0 Å². The fraction of sp³-hybridized carbons (Fsp3) is 0.444. The molecule has 1 fully saturated rings. The fourth-order valence-electron chi connectivity index (χ4n) is 1.77. The molecule has 2 heteroatoms. The van der Waals surface area contributed by atoms with Crippen LogP contribution in [-0.2, 0) is 4.79 Å². The predicted molar refractivity (Wildman–Crippen MR) is 43.0 cm³/mol. The number of allylic oxidation sites excluding steroid dienone is 3. The van der Waals surface area contributed by atoms with Crippen LogP contribution in [0.1, 0.15) is 12.8 Å². The second kappa shape index (κ2) is 2.53. The Morgan fingerprint density at radius 2 is 2.45 bits per heavy atom. The van der Waals surface area contributed by atoms with Crippen LogP contribution in [0.2, 0.25) is 0 Å². The number of aldehydes is 1. The molecule has 0 bridgehead atoms. The lowest BCUT2D eigenvalue weighted by molar-refractivity contribution is -0.104. The van der Waals surface area contributed by atoms with Crippen molar-refractivity contribution in [2.45, 2.75) is 12.8 Å². The van der Waals surface area contributed by atoms with Crippen LogP contribution >= 0.6 is 0 Å². The SMILES string of the molecule is O=CC1=C2CCCN2CC=C1. The van der Waals surface area contributed by atoms with E-state index in [-0.39, 0.29) is 0 Å². The highest BCUT2D eigenvalue weighted by molar-refractivity contribution is 5.79. The zero-order valence-electron chi connectivity index (χ0n) is 6.42. The van der Waals surface area contributed by atoms with E-state index < -0.39 is 0 Å². The molecule has 0 unspecified atom stereocenters. The largest absolute Gasteiger partial charge is 0.370 e. The lowest BCUT2D eigenvalue weighted by Crippen LogP contribution is -2.21. The number of carbonyl (C=O) groups is 1. The van der Waals surface area contributed by atoms with E-state index in [4.69, 9.17) is 0 Å². The average Bonchev–Trinajstić information content (AvgIpc) is 2.50. The molecule has 0 spiro atoms. The summed E-state index contributed by atoms with van der Waals surface area (Å²) in [5.74, 6) is 0. The molecular formula is C9H11NO. The normalized spacial score (nSPS) is 22.4. The number of nitrogens with zero attached hydrogens (tertiary/aromatic N) is 1. The van der Waals surface area contributed by atoms with Gasteiger partial charge in [-0.15, -0.1) is 0 Å². The lowest BCUT2D eigenvalue weighted by atomic mass is 10.1. The second-order valence-electron chi connectivity index (χ2n) is 2.97. The number of hydrogen-bond donors (Lipinski definition) is 0. The van der Waals surface area contributed by atoms with Crippen molar-refractivity contribution < 1.29 is 4.79 Å². The van der Waals surface area contributed by atoms with Crippen LogP contribution in [-0.4, -0.2) is 24.3 Å². The molecule has 2 nitrogen and oxygen atoms in total. The summed E-state index contributed by atoms with van der Waals surface area (Å²) in [7, 11) is 0. The molecule has 11 heavy (non-hydrogen) atoms. The molecule has 2 aliphatic rings. The van der Waals surface area contributed by atoms with Gasteiger partial charge in [-0.1, -0.05) is 12.2 Å². The Kier molecular flexibility index (Phi) is 1.53. The molecule has 2 heterocycles. The van der Waals surface area contributed by atoms with Crippen molar-refractivity contribution in [2.24, 2.45) is 0 Å². The van der Waals surface area contributed by atoms with Crippen molar-refractivity contribution in [1.29, 1.82) is 0 Å². The van der Waals surface area contributed by atoms with E-state index in [2.05, 4.69) is 11.0 Å². The molecule has 0 atom stereocenters. The quantitative estimate of drug-likeness (QED) is 0.520. The van der Waals surface area contributed by atoms with Gasteiger partial charge in [0.05, 0.1) is 0 Å². The Bertz CT molecular complexity index is 240. The van der Waals surface area contributed by atoms with Crippen molar-refractivity contribution in [3.8, 4) is 0 Å². The van der Waals surface area contributed by atoms with Gasteiger partial charge in [-0.3, -0.25) is 4.79 Å². The monoisotopic (exact) mass is 149 g/mol. The molecule has 2 rings (SSSR count). The zero-order valence-corrected chi connectivity index (χ0v) is 6.42. The molecule has 58 valence electrons. The van der Waals surface area contributed by atoms with Crippen molar-refractivity contribution >= 4 is 6.29 Å². The van der Waals surface area contributed by atoms with E-state index in [0.717, 1.165) is 31.4 Å². The van der Waals surface area contributed by atoms with E-state index in [9.17, 15) is 4.79 Å². The fourth-order valence-corrected chi connectivity index (χ4v) is 1.77. The lowest BCUT2D eigenvalue weighted by Gasteiger charge is -2.22. The Morgan fingerprint density at radius 1 is 1.55 bits per heavy atom. The van der Waals surface area contributed by atoms with Crippen molar-refractivity contribution in [3.05, 3.63) is 23.4 Å². The highest BCUT2D eigenvalue weighted by atomic mass is 16.1. The highest BCUT2D eigenvalue weighted by Crippen LogP contribution is 2.26. The first-order valence-corrected chi connectivity index (χ1v) is 4.01. The molecule has 0 aromatic rings. The summed E-state index contributed by atoms with van der Waals surface area (Å²) >= 11 is 0. The van der Waals surface area contributed by atoms with Crippen LogP contribution in [0.3, 0.4) is 0 Å². The van der Waals surface area contributed by atoms with E-state index in [1.165, 1.54) is 12.1 Å². The molecule has 0 amide bonds. The van der Waals surface area contributed by atoms with Crippen molar-refractivity contribution in [1.82, 2.24) is 4.90 Å². The molecule has 0 N–H and O–H groups in total. The van der Waals surface area contributed by atoms with Crippen molar-refractivity contribution in [2.75, 3.05) is 13.1 Å². The maximum absolute atomic E-state index is 10.6. The smallest absolute Gasteiger partial charge is 0.151 e. The van der Waals surface area contributed by atoms with Crippen molar-refractivity contribution in [3.63, 3.8) is 0 Å². The topological polar surface area (TPSA) is 20.3 Å². The minimum atomic E-state index is 0.883. The van der Waals surface area contributed by atoms with Gasteiger partial charge in [-0.2, -0.15) is 0 Å². The molecule has 1 saturated heterocycles. The van der Waals surface area contributed by atoms with Gasteiger partial charge in [-0.05, 0) is 12.8 Å². The molecule has 2 aliphatic heterocycles.